The summed E-state index contributed by atoms with van der Waals surface area (Å²) in [6.45, 7) is 4.37. The summed E-state index contributed by atoms with van der Waals surface area (Å²) in [6, 6.07) is 6.30. The Morgan fingerprint density at radius 2 is 2.30 bits per heavy atom. The molecule has 0 radical (unpaired) electrons. The molecule has 0 bridgehead atoms. The lowest BCUT2D eigenvalue weighted by Crippen LogP contribution is -2.41. The third-order valence-electron chi connectivity index (χ3n) is 3.45. The van der Waals surface area contributed by atoms with E-state index in [0.29, 0.717) is 23.6 Å². The molecule has 7 heteroatoms. The fourth-order valence-electron chi connectivity index (χ4n) is 2.29. The zero-order valence-electron chi connectivity index (χ0n) is 13.1. The summed E-state index contributed by atoms with van der Waals surface area (Å²) >= 11 is 0. The number of nitriles is 1. The monoisotopic (exact) mass is 432 g/mol. The summed E-state index contributed by atoms with van der Waals surface area (Å²) in [6.07, 6.45) is 2.35. The zero-order chi connectivity index (χ0) is 15.8. The Balaban J connectivity index is 0.00000264. The fourth-order valence-corrected chi connectivity index (χ4v) is 2.29. The first-order valence-corrected chi connectivity index (χ1v) is 7.55. The van der Waals surface area contributed by atoms with Crippen LogP contribution in [0.25, 0.3) is 0 Å². The van der Waals surface area contributed by atoms with E-state index in [9.17, 15) is 4.39 Å². The Morgan fingerprint density at radius 1 is 1.48 bits per heavy atom. The predicted molar refractivity (Wildman–Crippen MR) is 98.3 cm³/mol. The van der Waals surface area contributed by atoms with Gasteiger partial charge in [-0.05, 0) is 38.0 Å². The van der Waals surface area contributed by atoms with Gasteiger partial charge >= 0.3 is 0 Å². The van der Waals surface area contributed by atoms with Gasteiger partial charge in [0.2, 0.25) is 0 Å². The highest BCUT2D eigenvalue weighted by Gasteiger charge is 2.15. The lowest BCUT2D eigenvalue weighted by molar-refractivity contribution is 0.114. The first kappa shape index (κ1) is 19.6. The molecule has 1 unspecified atom stereocenters. The van der Waals surface area contributed by atoms with E-state index in [2.05, 4.69) is 15.6 Å². The van der Waals surface area contributed by atoms with Crippen LogP contribution in [-0.4, -0.2) is 31.8 Å². The molecule has 1 heterocycles. The number of guanidine groups is 1. The molecule has 0 saturated carbocycles. The predicted octanol–water partition coefficient (Wildman–Crippen LogP) is 2.55. The van der Waals surface area contributed by atoms with Gasteiger partial charge in [-0.2, -0.15) is 5.26 Å². The van der Waals surface area contributed by atoms with Gasteiger partial charge in [-0.25, -0.2) is 9.38 Å². The third kappa shape index (κ3) is 6.31. The number of rotatable bonds is 5. The molecule has 0 aliphatic carbocycles. The van der Waals surface area contributed by atoms with Gasteiger partial charge in [-0.15, -0.1) is 24.0 Å². The number of hydrogen-bond donors (Lipinski definition) is 2. The minimum atomic E-state index is -0.349. The highest BCUT2D eigenvalue weighted by Crippen LogP contribution is 2.12. The second kappa shape index (κ2) is 10.4. The number of aliphatic imine (C=N–C) groups is 1. The van der Waals surface area contributed by atoms with Crippen LogP contribution in [0.2, 0.25) is 0 Å². The van der Waals surface area contributed by atoms with E-state index in [1.54, 1.807) is 0 Å². The standard InChI is InChI=1S/C16H21FN4O.HI/c1-2-19-16(21-11-14-4-3-7-22-14)20-10-13-8-12(9-18)5-6-15(13)17;/h5-6,8,14H,2-4,7,10-11H2,1H3,(H2,19,20,21);1H. The molecule has 1 atom stereocenters. The largest absolute Gasteiger partial charge is 0.376 e. The van der Waals surface area contributed by atoms with Gasteiger partial charge in [-0.1, -0.05) is 0 Å². The molecule has 1 aliphatic rings. The minimum absolute atomic E-state index is 0. The molecule has 1 aromatic rings. The van der Waals surface area contributed by atoms with Gasteiger partial charge in [0.05, 0.1) is 24.3 Å². The van der Waals surface area contributed by atoms with E-state index in [1.165, 1.54) is 18.2 Å². The van der Waals surface area contributed by atoms with Crippen LogP contribution >= 0.6 is 24.0 Å². The van der Waals surface area contributed by atoms with Crippen molar-refractivity contribution in [2.24, 2.45) is 4.99 Å². The normalized spacial score (nSPS) is 17.3. The van der Waals surface area contributed by atoms with E-state index >= 15 is 0 Å². The van der Waals surface area contributed by atoms with Crippen LogP contribution in [0.1, 0.15) is 30.9 Å². The Hall–Kier alpha value is -1.40. The van der Waals surface area contributed by atoms with Crippen molar-refractivity contribution in [2.45, 2.75) is 32.4 Å². The molecule has 1 aliphatic heterocycles. The summed E-state index contributed by atoms with van der Waals surface area (Å²) < 4.78 is 19.3. The quantitative estimate of drug-likeness (QED) is 0.427. The summed E-state index contributed by atoms with van der Waals surface area (Å²) in [7, 11) is 0. The van der Waals surface area contributed by atoms with E-state index in [4.69, 9.17) is 10.00 Å². The van der Waals surface area contributed by atoms with E-state index in [0.717, 1.165) is 26.0 Å². The summed E-state index contributed by atoms with van der Waals surface area (Å²) in [5.74, 6) is 0.275. The van der Waals surface area contributed by atoms with Gasteiger partial charge in [0.15, 0.2) is 5.96 Å². The number of nitrogens with zero attached hydrogens (tertiary/aromatic N) is 2. The molecule has 2 rings (SSSR count). The number of nitrogens with one attached hydrogen (secondary N) is 2. The van der Waals surface area contributed by atoms with Crippen LogP contribution in [0.15, 0.2) is 23.2 Å². The molecule has 23 heavy (non-hydrogen) atoms. The van der Waals surface area contributed by atoms with Crippen molar-refractivity contribution in [1.29, 1.82) is 5.26 Å². The number of benzene rings is 1. The Morgan fingerprint density at radius 3 is 2.96 bits per heavy atom. The summed E-state index contributed by atoms with van der Waals surface area (Å²) in [5, 5.41) is 15.2. The number of ether oxygens (including phenoxy) is 1. The lowest BCUT2D eigenvalue weighted by Gasteiger charge is -2.14. The highest BCUT2D eigenvalue weighted by atomic mass is 127. The maximum absolute atomic E-state index is 13.7. The first-order chi connectivity index (χ1) is 10.7. The molecule has 1 fully saturated rings. The molecule has 2 N–H and O–H groups in total. The first-order valence-electron chi connectivity index (χ1n) is 7.55. The average Bonchev–Trinajstić information content (AvgIpc) is 3.05. The minimum Gasteiger partial charge on any atom is -0.376 e. The van der Waals surface area contributed by atoms with Crippen LogP contribution in [0, 0.1) is 17.1 Å². The van der Waals surface area contributed by atoms with Crippen LogP contribution < -0.4 is 10.6 Å². The van der Waals surface area contributed by atoms with Crippen molar-refractivity contribution in [3.63, 3.8) is 0 Å². The lowest BCUT2D eigenvalue weighted by atomic mass is 10.1. The van der Waals surface area contributed by atoms with Gasteiger partial charge in [-0.3, -0.25) is 0 Å². The topological polar surface area (TPSA) is 69.4 Å². The second-order valence-electron chi connectivity index (χ2n) is 5.13. The summed E-state index contributed by atoms with van der Waals surface area (Å²) in [5.41, 5.74) is 0.845. The Kier molecular flexibility index (Phi) is 8.87. The van der Waals surface area contributed by atoms with Crippen LogP contribution in [0.5, 0.6) is 0 Å². The molecule has 126 valence electrons. The van der Waals surface area contributed by atoms with Crippen LogP contribution in [0.4, 0.5) is 4.39 Å². The van der Waals surface area contributed by atoms with Crippen molar-refractivity contribution in [2.75, 3.05) is 19.7 Å². The van der Waals surface area contributed by atoms with Gasteiger partial charge in [0.25, 0.3) is 0 Å². The molecule has 0 spiro atoms. The van der Waals surface area contributed by atoms with E-state index in [-0.39, 0.29) is 42.4 Å². The molecular weight excluding hydrogens is 410 g/mol. The number of halogens is 2. The fraction of sp³-hybridized carbons (Fsp3) is 0.500. The Bertz CT molecular complexity index is 568. The number of hydrogen-bond acceptors (Lipinski definition) is 3. The highest BCUT2D eigenvalue weighted by molar-refractivity contribution is 14.0. The third-order valence-corrected chi connectivity index (χ3v) is 3.45. The molecular formula is C16H22FIN4O. The SMILES string of the molecule is CCNC(=NCc1cc(C#N)ccc1F)NCC1CCCO1.I. The Labute approximate surface area is 153 Å². The van der Waals surface area contributed by atoms with Crippen molar-refractivity contribution in [3.8, 4) is 6.07 Å². The van der Waals surface area contributed by atoms with E-state index in [1.807, 2.05) is 13.0 Å². The van der Waals surface area contributed by atoms with Crippen molar-refractivity contribution in [3.05, 3.63) is 35.1 Å². The van der Waals surface area contributed by atoms with Crippen molar-refractivity contribution < 1.29 is 9.13 Å². The van der Waals surface area contributed by atoms with Gasteiger partial charge < -0.3 is 15.4 Å². The van der Waals surface area contributed by atoms with Gasteiger partial charge in [0.1, 0.15) is 5.82 Å². The molecule has 5 nitrogen and oxygen atoms in total. The van der Waals surface area contributed by atoms with Gasteiger partial charge in [0, 0.05) is 25.3 Å². The van der Waals surface area contributed by atoms with Crippen LogP contribution in [0.3, 0.4) is 0 Å². The smallest absolute Gasteiger partial charge is 0.191 e. The van der Waals surface area contributed by atoms with Crippen molar-refractivity contribution in [1.82, 2.24) is 10.6 Å². The maximum atomic E-state index is 13.7. The van der Waals surface area contributed by atoms with Crippen molar-refractivity contribution >= 4 is 29.9 Å². The second-order valence-corrected chi connectivity index (χ2v) is 5.13. The molecule has 0 aromatic heterocycles. The average molecular weight is 432 g/mol. The molecule has 1 saturated heterocycles. The zero-order valence-corrected chi connectivity index (χ0v) is 15.5. The van der Waals surface area contributed by atoms with E-state index < -0.39 is 0 Å². The molecule has 1 aromatic carbocycles. The molecule has 0 amide bonds. The maximum Gasteiger partial charge on any atom is 0.191 e. The summed E-state index contributed by atoms with van der Waals surface area (Å²) in [4.78, 5) is 4.37. The van der Waals surface area contributed by atoms with Crippen LogP contribution in [-0.2, 0) is 11.3 Å².